The van der Waals surface area contributed by atoms with Crippen molar-refractivity contribution in [3.63, 3.8) is 0 Å². The van der Waals surface area contributed by atoms with E-state index in [2.05, 4.69) is 17.4 Å². The minimum absolute atomic E-state index is 0.0790. The van der Waals surface area contributed by atoms with Crippen LogP contribution in [0.4, 0.5) is 8.78 Å². The molecule has 2 saturated carbocycles. The zero-order chi connectivity index (χ0) is 25.8. The van der Waals surface area contributed by atoms with Crippen molar-refractivity contribution in [3.05, 3.63) is 29.1 Å². The average molecular weight is 507 g/mol. The highest BCUT2D eigenvalue weighted by Gasteiger charge is 2.47. The van der Waals surface area contributed by atoms with Crippen molar-refractivity contribution < 1.29 is 28.2 Å². The van der Waals surface area contributed by atoms with Crippen molar-refractivity contribution in [2.75, 3.05) is 6.61 Å². The Hall–Kier alpha value is -2.09. The third-order valence-electron chi connectivity index (χ3n) is 8.70. The second-order valence-corrected chi connectivity index (χ2v) is 11.1. The van der Waals surface area contributed by atoms with Crippen LogP contribution in [0.1, 0.15) is 94.5 Å². The summed E-state index contributed by atoms with van der Waals surface area (Å²) in [5, 5.41) is 12.2. The fourth-order valence-electron chi connectivity index (χ4n) is 5.92. The van der Waals surface area contributed by atoms with Crippen LogP contribution in [0.15, 0.2) is 12.1 Å². The quantitative estimate of drug-likeness (QED) is 0.428. The van der Waals surface area contributed by atoms with Crippen LogP contribution < -0.4 is 5.32 Å². The standard InChI is InChI=1S/C28H40F2N2O4/c1-2-27(12-14-28(29,30)15-13-27)26(35)32-24(25(33)34)11-16-36-22-17-19(18-22)7-9-21-10-8-20-5-3-4-6-23(20)31-21/h8,10,19,22,24H,2-7,9,11-18H2,1H3,(H,32,35)(H,33,34). The van der Waals surface area contributed by atoms with E-state index in [1.165, 1.54) is 29.8 Å². The fourth-order valence-corrected chi connectivity index (χ4v) is 5.92. The maximum absolute atomic E-state index is 13.6. The van der Waals surface area contributed by atoms with Gasteiger partial charge in [0.2, 0.25) is 11.8 Å². The van der Waals surface area contributed by atoms with Gasteiger partial charge in [-0.1, -0.05) is 13.0 Å². The summed E-state index contributed by atoms with van der Waals surface area (Å²) in [6.45, 7) is 2.05. The van der Waals surface area contributed by atoms with Gasteiger partial charge in [-0.3, -0.25) is 9.78 Å². The average Bonchev–Trinajstić information content (AvgIpc) is 2.84. The number of aliphatic carboxylic acids is 1. The van der Waals surface area contributed by atoms with Crippen molar-refractivity contribution in [1.29, 1.82) is 0 Å². The maximum Gasteiger partial charge on any atom is 0.326 e. The molecule has 2 N–H and O–H groups in total. The summed E-state index contributed by atoms with van der Waals surface area (Å²) >= 11 is 0. The molecule has 4 rings (SSSR count). The summed E-state index contributed by atoms with van der Waals surface area (Å²) in [6, 6.07) is 3.33. The molecule has 1 amide bonds. The van der Waals surface area contributed by atoms with Crippen LogP contribution in [0.3, 0.4) is 0 Å². The lowest BCUT2D eigenvalue weighted by Crippen LogP contribution is -2.51. The van der Waals surface area contributed by atoms with Crippen molar-refractivity contribution >= 4 is 11.9 Å². The minimum atomic E-state index is -2.74. The predicted octanol–water partition coefficient (Wildman–Crippen LogP) is 5.25. The van der Waals surface area contributed by atoms with E-state index in [-0.39, 0.29) is 44.8 Å². The first-order chi connectivity index (χ1) is 17.2. The zero-order valence-corrected chi connectivity index (χ0v) is 21.4. The molecule has 1 aromatic rings. The van der Waals surface area contributed by atoms with Crippen LogP contribution in [0.2, 0.25) is 0 Å². The number of alkyl halides is 2. The summed E-state index contributed by atoms with van der Waals surface area (Å²) in [4.78, 5) is 29.5. The number of halogens is 2. The molecule has 3 aliphatic carbocycles. The number of hydrogen-bond donors (Lipinski definition) is 2. The van der Waals surface area contributed by atoms with E-state index in [0.29, 0.717) is 12.3 Å². The van der Waals surface area contributed by atoms with E-state index in [9.17, 15) is 23.5 Å². The lowest BCUT2D eigenvalue weighted by Gasteiger charge is -2.39. The van der Waals surface area contributed by atoms with Crippen LogP contribution in [0, 0.1) is 11.3 Å². The third kappa shape index (κ3) is 6.61. The Morgan fingerprint density at radius 1 is 1.17 bits per heavy atom. The number of carboxylic acids is 1. The molecule has 1 heterocycles. The van der Waals surface area contributed by atoms with Crippen molar-refractivity contribution in [2.45, 2.75) is 115 Å². The van der Waals surface area contributed by atoms with Gasteiger partial charge in [0, 0.05) is 42.7 Å². The molecule has 3 aliphatic rings. The molecule has 1 unspecified atom stereocenters. The number of aromatic nitrogens is 1. The van der Waals surface area contributed by atoms with Gasteiger partial charge in [0.05, 0.1) is 6.10 Å². The molecule has 200 valence electrons. The van der Waals surface area contributed by atoms with Gasteiger partial charge in [0.15, 0.2) is 0 Å². The predicted molar refractivity (Wildman–Crippen MR) is 132 cm³/mol. The third-order valence-corrected chi connectivity index (χ3v) is 8.70. The summed E-state index contributed by atoms with van der Waals surface area (Å²) in [5.74, 6) is -3.69. The van der Waals surface area contributed by atoms with Gasteiger partial charge in [-0.25, -0.2) is 13.6 Å². The number of rotatable bonds is 11. The summed E-state index contributed by atoms with van der Waals surface area (Å²) in [5.41, 5.74) is 2.94. The van der Waals surface area contributed by atoms with Crippen molar-refractivity contribution in [2.24, 2.45) is 11.3 Å². The molecule has 0 spiro atoms. The Bertz CT molecular complexity index is 922. The molecule has 1 atom stereocenters. The molecule has 0 radical (unpaired) electrons. The molecule has 8 heteroatoms. The fraction of sp³-hybridized carbons (Fsp3) is 0.750. The second-order valence-electron chi connectivity index (χ2n) is 11.1. The maximum atomic E-state index is 13.6. The Morgan fingerprint density at radius 3 is 2.58 bits per heavy atom. The smallest absolute Gasteiger partial charge is 0.326 e. The van der Waals surface area contributed by atoms with Crippen molar-refractivity contribution in [3.8, 4) is 0 Å². The van der Waals surface area contributed by atoms with E-state index >= 15 is 0 Å². The second kappa shape index (κ2) is 11.5. The summed E-state index contributed by atoms with van der Waals surface area (Å²) in [6.07, 6.45) is 8.91. The SMILES string of the molecule is CCC1(C(=O)NC(CCOC2CC(CCc3ccc4c(n3)CCCC4)C2)C(=O)O)CCC(F)(F)CC1. The lowest BCUT2D eigenvalue weighted by atomic mass is 9.70. The molecule has 0 aliphatic heterocycles. The van der Waals surface area contributed by atoms with E-state index in [1.54, 1.807) is 6.92 Å². The monoisotopic (exact) mass is 506 g/mol. The van der Waals surface area contributed by atoms with Crippen LogP contribution in [-0.4, -0.2) is 46.6 Å². The highest BCUT2D eigenvalue weighted by molar-refractivity contribution is 5.87. The summed E-state index contributed by atoms with van der Waals surface area (Å²) < 4.78 is 33.1. The Morgan fingerprint density at radius 2 is 1.89 bits per heavy atom. The number of carbonyl (C=O) groups is 2. The van der Waals surface area contributed by atoms with Crippen LogP contribution in [-0.2, 0) is 33.6 Å². The first-order valence-electron chi connectivity index (χ1n) is 13.7. The topological polar surface area (TPSA) is 88.5 Å². The number of hydrogen-bond acceptors (Lipinski definition) is 4. The Balaban J connectivity index is 1.15. The molecule has 1 aromatic heterocycles. The van der Waals surface area contributed by atoms with Gasteiger partial charge >= 0.3 is 5.97 Å². The lowest BCUT2D eigenvalue weighted by molar-refractivity contribution is -0.148. The van der Waals surface area contributed by atoms with Gasteiger partial charge < -0.3 is 15.2 Å². The van der Waals surface area contributed by atoms with Gasteiger partial charge in [0.25, 0.3) is 0 Å². The van der Waals surface area contributed by atoms with E-state index < -0.39 is 29.3 Å². The largest absolute Gasteiger partial charge is 0.480 e. The molecule has 0 bridgehead atoms. The number of carbonyl (C=O) groups excluding carboxylic acids is 1. The van der Waals surface area contributed by atoms with Gasteiger partial charge in [0.1, 0.15) is 6.04 Å². The van der Waals surface area contributed by atoms with E-state index in [1.807, 2.05) is 0 Å². The number of nitrogens with one attached hydrogen (secondary N) is 1. The number of pyridine rings is 1. The number of amides is 1. The van der Waals surface area contributed by atoms with Gasteiger partial charge in [-0.05, 0) is 88.2 Å². The van der Waals surface area contributed by atoms with Crippen LogP contribution >= 0.6 is 0 Å². The number of nitrogens with zero attached hydrogens (tertiary/aromatic N) is 1. The van der Waals surface area contributed by atoms with E-state index in [0.717, 1.165) is 38.5 Å². The number of aryl methyl sites for hydroxylation is 3. The van der Waals surface area contributed by atoms with Crippen LogP contribution in [0.5, 0.6) is 0 Å². The molecular formula is C28H40F2N2O4. The zero-order valence-electron chi connectivity index (χ0n) is 21.4. The molecule has 36 heavy (non-hydrogen) atoms. The summed E-state index contributed by atoms with van der Waals surface area (Å²) in [7, 11) is 0. The number of ether oxygens (including phenoxy) is 1. The normalized spacial score (nSPS) is 25.3. The van der Waals surface area contributed by atoms with Crippen LogP contribution in [0.25, 0.3) is 0 Å². The highest BCUT2D eigenvalue weighted by Crippen LogP contribution is 2.45. The van der Waals surface area contributed by atoms with Crippen molar-refractivity contribution in [1.82, 2.24) is 10.3 Å². The first kappa shape index (κ1) is 27.0. The highest BCUT2D eigenvalue weighted by atomic mass is 19.3. The molecular weight excluding hydrogens is 466 g/mol. The minimum Gasteiger partial charge on any atom is -0.480 e. The molecule has 2 fully saturated rings. The first-order valence-corrected chi connectivity index (χ1v) is 13.7. The Kier molecular flexibility index (Phi) is 8.63. The number of carboxylic acid groups (broad SMARTS) is 1. The van der Waals surface area contributed by atoms with Gasteiger partial charge in [-0.15, -0.1) is 0 Å². The van der Waals surface area contributed by atoms with Gasteiger partial charge in [-0.2, -0.15) is 0 Å². The molecule has 6 nitrogen and oxygen atoms in total. The van der Waals surface area contributed by atoms with E-state index in [4.69, 9.17) is 9.72 Å². The molecule has 0 aromatic carbocycles. The number of fused-ring (bicyclic) bond motifs is 1. The molecule has 0 saturated heterocycles. The Labute approximate surface area is 212 Å².